The number of benzene rings is 1. The lowest BCUT2D eigenvalue weighted by molar-refractivity contribution is -0.121. The van der Waals surface area contributed by atoms with Crippen molar-refractivity contribution in [1.82, 2.24) is 4.90 Å². The maximum absolute atomic E-state index is 13.5. The molecule has 1 aromatic heterocycles. The van der Waals surface area contributed by atoms with E-state index in [1.165, 1.54) is 16.2 Å². The Kier molecular flexibility index (Phi) is 5.19. The largest absolute Gasteiger partial charge is 0.378 e. The molecule has 2 unspecified atom stereocenters. The van der Waals surface area contributed by atoms with Gasteiger partial charge >= 0.3 is 0 Å². The molecule has 6 nitrogen and oxygen atoms in total. The normalized spacial score (nSPS) is 22.6. The lowest BCUT2D eigenvalue weighted by atomic mass is 10.1. The van der Waals surface area contributed by atoms with Crippen LogP contribution in [-0.4, -0.2) is 56.1 Å². The summed E-state index contributed by atoms with van der Waals surface area (Å²) in [7, 11) is 3.91. The highest BCUT2D eigenvalue weighted by Crippen LogP contribution is 2.37. The van der Waals surface area contributed by atoms with E-state index in [1.807, 2.05) is 79.5 Å². The highest BCUT2D eigenvalue weighted by molar-refractivity contribution is 7.11. The first kappa shape index (κ1) is 19.7. The van der Waals surface area contributed by atoms with Crippen LogP contribution in [0.1, 0.15) is 18.7 Å². The summed E-state index contributed by atoms with van der Waals surface area (Å²) in [5, 5.41) is 1.93. The summed E-state index contributed by atoms with van der Waals surface area (Å²) < 4.78 is 5.83. The second-order valence-electron chi connectivity index (χ2n) is 7.72. The lowest BCUT2D eigenvalue weighted by Gasteiger charge is -2.37. The molecular weight excluding hydrogens is 386 g/mol. The third-order valence-corrected chi connectivity index (χ3v) is 6.07. The van der Waals surface area contributed by atoms with Crippen LogP contribution in [0, 0.1) is 0 Å². The second-order valence-corrected chi connectivity index (χ2v) is 8.67. The molecule has 3 heterocycles. The summed E-state index contributed by atoms with van der Waals surface area (Å²) in [5.74, 6) is -0.533. The number of hydrogen-bond acceptors (Lipinski definition) is 6. The van der Waals surface area contributed by atoms with Gasteiger partial charge in [-0.3, -0.25) is 9.59 Å². The van der Waals surface area contributed by atoms with Gasteiger partial charge in [0.2, 0.25) is 0 Å². The zero-order chi connectivity index (χ0) is 20.7. The van der Waals surface area contributed by atoms with E-state index in [0.717, 1.165) is 10.6 Å². The number of thiophene rings is 1. The van der Waals surface area contributed by atoms with Gasteiger partial charge in [0.1, 0.15) is 5.70 Å². The van der Waals surface area contributed by atoms with Crippen LogP contribution in [0.2, 0.25) is 0 Å². The highest BCUT2D eigenvalue weighted by atomic mass is 32.1. The van der Waals surface area contributed by atoms with Crippen LogP contribution in [0.5, 0.6) is 0 Å². The number of ether oxygens (including phenoxy) is 1. The summed E-state index contributed by atoms with van der Waals surface area (Å²) in [6.45, 7) is 5.15. The van der Waals surface area contributed by atoms with E-state index in [1.54, 1.807) is 0 Å². The molecule has 152 valence electrons. The minimum atomic E-state index is -0.267. The Balaban J connectivity index is 1.76. The van der Waals surface area contributed by atoms with Crippen LogP contribution in [-0.2, 0) is 14.3 Å². The van der Waals surface area contributed by atoms with E-state index in [0.29, 0.717) is 30.0 Å². The highest BCUT2D eigenvalue weighted by Gasteiger charge is 2.44. The Morgan fingerprint density at radius 2 is 1.66 bits per heavy atom. The van der Waals surface area contributed by atoms with Gasteiger partial charge in [-0.2, -0.15) is 0 Å². The Morgan fingerprint density at radius 1 is 1.00 bits per heavy atom. The number of carbonyl (C=O) groups is 2. The molecule has 2 aromatic rings. The van der Waals surface area contributed by atoms with Gasteiger partial charge in [-0.1, -0.05) is 6.07 Å². The quantitative estimate of drug-likeness (QED) is 0.723. The molecule has 29 heavy (non-hydrogen) atoms. The fourth-order valence-electron chi connectivity index (χ4n) is 3.95. The number of hydrogen-bond donors (Lipinski definition) is 0. The van der Waals surface area contributed by atoms with Crippen molar-refractivity contribution in [2.75, 3.05) is 37.0 Å². The van der Waals surface area contributed by atoms with Gasteiger partial charge in [0.05, 0.1) is 23.5 Å². The van der Waals surface area contributed by atoms with Crippen LogP contribution >= 0.6 is 11.3 Å². The zero-order valence-electron chi connectivity index (χ0n) is 17.1. The molecule has 0 bridgehead atoms. The van der Waals surface area contributed by atoms with E-state index in [-0.39, 0.29) is 24.0 Å². The van der Waals surface area contributed by atoms with Gasteiger partial charge in [-0.05, 0) is 49.6 Å². The van der Waals surface area contributed by atoms with Gasteiger partial charge in [-0.15, -0.1) is 11.3 Å². The van der Waals surface area contributed by atoms with Crippen LogP contribution < -0.4 is 9.80 Å². The molecule has 0 radical (unpaired) electrons. The number of morpholine rings is 1. The molecular formula is C22H25N3O3S. The first-order valence-corrected chi connectivity index (χ1v) is 10.6. The topological polar surface area (TPSA) is 53.1 Å². The molecule has 0 N–H and O–H groups in total. The summed E-state index contributed by atoms with van der Waals surface area (Å²) in [4.78, 5) is 33.1. The first-order chi connectivity index (χ1) is 13.9. The Hall–Kier alpha value is -2.64. The molecule has 1 aromatic carbocycles. The van der Waals surface area contributed by atoms with E-state index < -0.39 is 0 Å². The Bertz CT molecular complexity index is 940. The minimum Gasteiger partial charge on any atom is -0.378 e. The van der Waals surface area contributed by atoms with Gasteiger partial charge in [0, 0.05) is 37.7 Å². The monoisotopic (exact) mass is 411 g/mol. The maximum Gasteiger partial charge on any atom is 0.282 e. The number of anilines is 2. The third kappa shape index (κ3) is 3.56. The van der Waals surface area contributed by atoms with Crippen molar-refractivity contribution in [2.24, 2.45) is 0 Å². The number of carbonyl (C=O) groups excluding carboxylic acids is 2. The van der Waals surface area contributed by atoms with Crippen LogP contribution in [0.4, 0.5) is 11.4 Å². The molecule has 2 atom stereocenters. The van der Waals surface area contributed by atoms with Gasteiger partial charge in [0.25, 0.3) is 11.8 Å². The van der Waals surface area contributed by atoms with Crippen LogP contribution in [0.3, 0.4) is 0 Å². The van der Waals surface area contributed by atoms with Crippen molar-refractivity contribution < 1.29 is 14.3 Å². The summed E-state index contributed by atoms with van der Waals surface area (Å²) in [5.41, 5.74) is 2.57. The molecule has 7 heteroatoms. The number of amides is 2. The zero-order valence-corrected chi connectivity index (χ0v) is 17.9. The SMILES string of the molecule is CC1CN(C2=C(c3cccs3)C(=O)N(c3ccc(N(C)C)cc3)C2=O)CC(C)O1. The summed E-state index contributed by atoms with van der Waals surface area (Å²) >= 11 is 1.48. The fraction of sp³-hybridized carbons (Fsp3) is 0.364. The smallest absolute Gasteiger partial charge is 0.282 e. The predicted molar refractivity (Wildman–Crippen MR) is 116 cm³/mol. The molecule has 0 spiro atoms. The van der Waals surface area contributed by atoms with Crippen LogP contribution in [0.15, 0.2) is 47.5 Å². The predicted octanol–water partition coefficient (Wildman–Crippen LogP) is 3.21. The molecule has 1 saturated heterocycles. The minimum absolute atomic E-state index is 0.00726. The van der Waals surface area contributed by atoms with Crippen molar-refractivity contribution in [3.8, 4) is 0 Å². The van der Waals surface area contributed by atoms with E-state index in [9.17, 15) is 9.59 Å². The standard InChI is InChI=1S/C22H25N3O3S/c1-14-12-24(13-15(2)28-14)20-19(18-6-5-11-29-18)21(26)25(22(20)27)17-9-7-16(8-10-17)23(3)4/h5-11,14-15H,12-13H2,1-4H3. The van der Waals surface area contributed by atoms with Crippen molar-refractivity contribution in [3.05, 3.63) is 52.4 Å². The molecule has 0 aliphatic carbocycles. The first-order valence-electron chi connectivity index (χ1n) is 9.71. The summed E-state index contributed by atoms with van der Waals surface area (Å²) in [6.07, 6.45) is -0.0145. The third-order valence-electron chi connectivity index (χ3n) is 5.19. The molecule has 2 amide bonds. The van der Waals surface area contributed by atoms with E-state index in [2.05, 4.69) is 0 Å². The van der Waals surface area contributed by atoms with E-state index in [4.69, 9.17) is 4.74 Å². The van der Waals surface area contributed by atoms with Gasteiger partial charge < -0.3 is 14.5 Å². The Labute approximate surface area is 175 Å². The maximum atomic E-state index is 13.5. The van der Waals surface area contributed by atoms with Gasteiger partial charge in [-0.25, -0.2) is 4.90 Å². The molecule has 0 saturated carbocycles. The van der Waals surface area contributed by atoms with Crippen LogP contribution in [0.25, 0.3) is 5.57 Å². The molecule has 4 rings (SSSR count). The Morgan fingerprint density at radius 3 is 2.21 bits per heavy atom. The average Bonchev–Trinajstić information content (AvgIpc) is 3.27. The van der Waals surface area contributed by atoms with Crippen molar-refractivity contribution in [2.45, 2.75) is 26.1 Å². The van der Waals surface area contributed by atoms with Crippen molar-refractivity contribution in [3.63, 3.8) is 0 Å². The average molecular weight is 412 g/mol. The second kappa shape index (κ2) is 7.65. The van der Waals surface area contributed by atoms with E-state index >= 15 is 0 Å². The molecule has 1 fully saturated rings. The lowest BCUT2D eigenvalue weighted by Crippen LogP contribution is -2.47. The van der Waals surface area contributed by atoms with Gasteiger partial charge in [0.15, 0.2) is 0 Å². The van der Waals surface area contributed by atoms with Crippen molar-refractivity contribution in [1.29, 1.82) is 0 Å². The summed E-state index contributed by atoms with van der Waals surface area (Å²) in [6, 6.07) is 11.3. The molecule has 2 aliphatic heterocycles. The van der Waals surface area contributed by atoms with Crippen molar-refractivity contribution >= 4 is 40.1 Å². The molecule has 2 aliphatic rings. The number of imide groups is 1. The number of nitrogens with zero attached hydrogens (tertiary/aromatic N) is 3. The fourth-order valence-corrected chi connectivity index (χ4v) is 4.71. The number of rotatable bonds is 4.